The molecule has 1 aromatic rings. The van der Waals surface area contributed by atoms with Gasteiger partial charge in [-0.2, -0.15) is 4.31 Å². The lowest BCUT2D eigenvalue weighted by Gasteiger charge is -2.37. The second kappa shape index (κ2) is 5.02. The average Bonchev–Trinajstić information content (AvgIpc) is 2.83. The van der Waals surface area contributed by atoms with Crippen LogP contribution in [0.3, 0.4) is 0 Å². The molecule has 1 unspecified atom stereocenters. The molecule has 1 N–H and O–H groups in total. The number of phenolic OH excluding ortho intramolecular Hbond substituents is 1. The van der Waals surface area contributed by atoms with Gasteiger partial charge in [0.05, 0.1) is 6.26 Å². The highest BCUT2D eigenvalue weighted by atomic mass is 32.2. The van der Waals surface area contributed by atoms with E-state index in [4.69, 9.17) is 0 Å². The van der Waals surface area contributed by atoms with E-state index in [-0.39, 0.29) is 0 Å². The smallest absolute Gasteiger partial charge is 0.211 e. The summed E-state index contributed by atoms with van der Waals surface area (Å²) in [7, 11) is -3.07. The zero-order chi connectivity index (χ0) is 14.3. The zero-order valence-electron chi connectivity index (χ0n) is 11.6. The molecule has 0 bridgehead atoms. The van der Waals surface area contributed by atoms with E-state index < -0.39 is 10.0 Å². The van der Waals surface area contributed by atoms with Crippen LogP contribution < -0.4 is 0 Å². The number of hydrogen-bond donors (Lipinski definition) is 1. The molecule has 0 amide bonds. The Morgan fingerprint density at radius 2 is 1.90 bits per heavy atom. The maximum absolute atomic E-state index is 11.5. The van der Waals surface area contributed by atoms with Crippen molar-refractivity contribution < 1.29 is 13.5 Å². The molecule has 0 saturated carbocycles. The third-order valence-corrected chi connectivity index (χ3v) is 5.70. The fraction of sp³-hybridized carbons (Fsp3) is 0.571. The largest absolute Gasteiger partial charge is 0.508 e. The van der Waals surface area contributed by atoms with E-state index in [1.54, 1.807) is 10.4 Å². The molecular weight excluding hydrogens is 276 g/mol. The number of nitrogens with zero attached hydrogens (tertiary/aromatic N) is 2. The van der Waals surface area contributed by atoms with E-state index >= 15 is 0 Å². The van der Waals surface area contributed by atoms with Gasteiger partial charge in [-0.05, 0) is 30.0 Å². The molecule has 1 atom stereocenters. The topological polar surface area (TPSA) is 60.9 Å². The maximum Gasteiger partial charge on any atom is 0.211 e. The van der Waals surface area contributed by atoms with E-state index in [1.807, 2.05) is 6.07 Å². The van der Waals surface area contributed by atoms with Gasteiger partial charge in [0, 0.05) is 32.2 Å². The van der Waals surface area contributed by atoms with Gasteiger partial charge in [0.2, 0.25) is 10.0 Å². The Hall–Kier alpha value is -1.11. The number of hydrogen-bond acceptors (Lipinski definition) is 4. The van der Waals surface area contributed by atoms with Crippen LogP contribution in [0.5, 0.6) is 5.75 Å². The first-order valence-corrected chi connectivity index (χ1v) is 8.81. The van der Waals surface area contributed by atoms with E-state index in [1.165, 1.54) is 11.8 Å². The van der Waals surface area contributed by atoms with Gasteiger partial charge in [-0.15, -0.1) is 0 Å². The molecule has 1 fully saturated rings. The molecule has 1 saturated heterocycles. The van der Waals surface area contributed by atoms with Gasteiger partial charge in [-0.25, -0.2) is 8.42 Å². The van der Waals surface area contributed by atoms with Crippen molar-refractivity contribution >= 4 is 10.0 Å². The Labute approximate surface area is 119 Å². The monoisotopic (exact) mass is 296 g/mol. The van der Waals surface area contributed by atoms with E-state index in [0.717, 1.165) is 31.5 Å². The maximum atomic E-state index is 11.5. The zero-order valence-corrected chi connectivity index (χ0v) is 12.4. The Kier molecular flexibility index (Phi) is 3.48. The second-order valence-corrected chi connectivity index (χ2v) is 7.58. The van der Waals surface area contributed by atoms with Crippen LogP contribution in [0.4, 0.5) is 0 Å². The van der Waals surface area contributed by atoms with Gasteiger partial charge in [0.1, 0.15) is 5.75 Å². The lowest BCUT2D eigenvalue weighted by Crippen LogP contribution is -2.49. The van der Waals surface area contributed by atoms with Gasteiger partial charge in [0.25, 0.3) is 0 Å². The van der Waals surface area contributed by atoms with Crippen LogP contribution in [0, 0.1) is 0 Å². The highest BCUT2D eigenvalue weighted by Gasteiger charge is 2.32. The molecule has 0 radical (unpaired) electrons. The van der Waals surface area contributed by atoms with Crippen LogP contribution >= 0.6 is 0 Å². The third kappa shape index (κ3) is 2.43. The molecule has 0 spiro atoms. The summed E-state index contributed by atoms with van der Waals surface area (Å²) in [5.41, 5.74) is 2.26. The summed E-state index contributed by atoms with van der Waals surface area (Å²) in [5.74, 6) is 0.389. The predicted molar refractivity (Wildman–Crippen MR) is 77.2 cm³/mol. The fourth-order valence-electron chi connectivity index (χ4n) is 3.34. The summed E-state index contributed by atoms with van der Waals surface area (Å²) in [5, 5.41) is 9.89. The molecule has 1 aromatic carbocycles. The van der Waals surface area contributed by atoms with Crippen molar-refractivity contribution in [1.82, 2.24) is 9.21 Å². The highest BCUT2D eigenvalue weighted by molar-refractivity contribution is 7.88. The van der Waals surface area contributed by atoms with Crippen LogP contribution in [-0.4, -0.2) is 55.2 Å². The standard InChI is InChI=1S/C14H20N2O3S/c1-20(18,19)16-9-7-15(8-10-16)13-6-5-12-11(13)3-2-4-14(12)17/h2-4,13,17H,5-10H2,1H3. The molecule has 5 nitrogen and oxygen atoms in total. The normalized spacial score (nSPS) is 24.8. The molecule has 3 rings (SSSR count). The number of phenols is 1. The minimum absolute atomic E-state index is 0.318. The molecule has 1 aliphatic heterocycles. The number of aromatic hydroxyl groups is 1. The van der Waals surface area contributed by atoms with Crippen molar-refractivity contribution in [2.45, 2.75) is 18.9 Å². The molecular formula is C14H20N2O3S. The first-order chi connectivity index (χ1) is 9.47. The lowest BCUT2D eigenvalue weighted by molar-refractivity contribution is 0.137. The van der Waals surface area contributed by atoms with Crippen LogP contribution in [0.15, 0.2) is 18.2 Å². The van der Waals surface area contributed by atoms with E-state index in [2.05, 4.69) is 11.0 Å². The highest BCUT2D eigenvalue weighted by Crippen LogP contribution is 2.40. The quantitative estimate of drug-likeness (QED) is 0.883. The minimum atomic E-state index is -3.07. The Morgan fingerprint density at radius 1 is 1.20 bits per heavy atom. The van der Waals surface area contributed by atoms with Crippen molar-refractivity contribution in [2.75, 3.05) is 32.4 Å². The second-order valence-electron chi connectivity index (χ2n) is 5.60. The van der Waals surface area contributed by atoms with Gasteiger partial charge in [-0.3, -0.25) is 4.90 Å². The lowest BCUT2D eigenvalue weighted by atomic mass is 10.1. The SMILES string of the molecule is CS(=O)(=O)N1CCN(C2CCc3c(O)cccc32)CC1. The summed E-state index contributed by atoms with van der Waals surface area (Å²) in [6.45, 7) is 2.63. The average molecular weight is 296 g/mol. The van der Waals surface area contributed by atoms with E-state index in [0.29, 0.717) is 24.9 Å². The number of rotatable bonds is 2. The van der Waals surface area contributed by atoms with Crippen LogP contribution in [0.25, 0.3) is 0 Å². The number of benzene rings is 1. The Morgan fingerprint density at radius 3 is 2.55 bits per heavy atom. The molecule has 20 heavy (non-hydrogen) atoms. The van der Waals surface area contributed by atoms with Gasteiger partial charge >= 0.3 is 0 Å². The van der Waals surface area contributed by atoms with E-state index in [9.17, 15) is 13.5 Å². The summed E-state index contributed by atoms with van der Waals surface area (Å²) >= 11 is 0. The van der Waals surface area contributed by atoms with Crippen LogP contribution in [0.2, 0.25) is 0 Å². The number of fused-ring (bicyclic) bond motifs is 1. The molecule has 6 heteroatoms. The molecule has 1 heterocycles. The van der Waals surface area contributed by atoms with Gasteiger partial charge < -0.3 is 5.11 Å². The van der Waals surface area contributed by atoms with Crippen molar-refractivity contribution in [2.24, 2.45) is 0 Å². The third-order valence-electron chi connectivity index (χ3n) is 4.40. The van der Waals surface area contributed by atoms with Crippen LogP contribution in [0.1, 0.15) is 23.6 Å². The molecule has 0 aromatic heterocycles. The van der Waals surface area contributed by atoms with Crippen molar-refractivity contribution in [3.63, 3.8) is 0 Å². The van der Waals surface area contributed by atoms with Gasteiger partial charge in [-0.1, -0.05) is 12.1 Å². The fourth-order valence-corrected chi connectivity index (χ4v) is 4.17. The number of sulfonamides is 1. The van der Waals surface area contributed by atoms with Crippen molar-refractivity contribution in [1.29, 1.82) is 0 Å². The minimum Gasteiger partial charge on any atom is -0.508 e. The van der Waals surface area contributed by atoms with Crippen molar-refractivity contribution in [3.05, 3.63) is 29.3 Å². The summed E-state index contributed by atoms with van der Waals surface area (Å²) in [6.07, 6.45) is 3.18. The summed E-state index contributed by atoms with van der Waals surface area (Å²) in [6, 6.07) is 6.02. The van der Waals surface area contributed by atoms with Gasteiger partial charge in [0.15, 0.2) is 0 Å². The summed E-state index contributed by atoms with van der Waals surface area (Å²) < 4.78 is 24.6. The molecule has 110 valence electrons. The Bertz CT molecular complexity index is 607. The molecule has 1 aliphatic carbocycles. The number of piperazine rings is 1. The predicted octanol–water partition coefficient (Wildman–Crippen LogP) is 0.957. The molecule has 2 aliphatic rings. The van der Waals surface area contributed by atoms with Crippen LogP contribution in [-0.2, 0) is 16.4 Å². The first-order valence-electron chi connectivity index (χ1n) is 6.97. The first kappa shape index (κ1) is 13.9. The summed E-state index contributed by atoms with van der Waals surface area (Å²) in [4.78, 5) is 2.34. The van der Waals surface area contributed by atoms with Crippen molar-refractivity contribution in [3.8, 4) is 5.75 Å². The Balaban J connectivity index is 1.74.